The van der Waals surface area contributed by atoms with Gasteiger partial charge in [-0.15, -0.1) is 0 Å². The lowest BCUT2D eigenvalue weighted by molar-refractivity contribution is -0.126. The number of hydrogen-bond acceptors (Lipinski definition) is 3. The number of hydrogen-bond donors (Lipinski definition) is 1. The van der Waals surface area contributed by atoms with E-state index in [-0.39, 0.29) is 41.5 Å². The van der Waals surface area contributed by atoms with Crippen LogP contribution in [0.25, 0.3) is 0 Å². The molecule has 29 heavy (non-hydrogen) atoms. The van der Waals surface area contributed by atoms with Gasteiger partial charge in [-0.05, 0) is 37.5 Å². The van der Waals surface area contributed by atoms with Crippen LogP contribution in [-0.4, -0.2) is 31.7 Å². The third kappa shape index (κ3) is 5.35. The molecule has 1 saturated heterocycles. The van der Waals surface area contributed by atoms with Gasteiger partial charge in [-0.2, -0.15) is 0 Å². The fourth-order valence-corrected chi connectivity index (χ4v) is 5.41. The van der Waals surface area contributed by atoms with Crippen LogP contribution in [0.15, 0.2) is 48.5 Å². The van der Waals surface area contributed by atoms with Gasteiger partial charge in [-0.25, -0.2) is 17.1 Å². The van der Waals surface area contributed by atoms with Crippen LogP contribution in [0.2, 0.25) is 5.02 Å². The van der Waals surface area contributed by atoms with Gasteiger partial charge in [0.15, 0.2) is 0 Å². The molecule has 1 atom stereocenters. The molecule has 0 radical (unpaired) electrons. The molecular weight excluding hydrogens is 415 g/mol. The van der Waals surface area contributed by atoms with Gasteiger partial charge in [0.2, 0.25) is 15.9 Å². The van der Waals surface area contributed by atoms with Gasteiger partial charge >= 0.3 is 0 Å². The predicted octanol–water partition coefficient (Wildman–Crippen LogP) is 3.90. The molecule has 1 fully saturated rings. The maximum atomic E-state index is 14.0. The van der Waals surface area contributed by atoms with Gasteiger partial charge in [0, 0.05) is 29.6 Å². The Kier molecular flexibility index (Phi) is 6.93. The normalized spacial score (nSPS) is 17.1. The van der Waals surface area contributed by atoms with Gasteiger partial charge in [-0.1, -0.05) is 48.0 Å². The Hall–Kier alpha value is -1.96. The minimum absolute atomic E-state index is 0.0225. The zero-order chi connectivity index (χ0) is 21.0. The largest absolute Gasteiger partial charge is 0.349 e. The second-order valence-electron chi connectivity index (χ2n) is 7.27. The van der Waals surface area contributed by atoms with Crippen molar-refractivity contribution in [3.8, 4) is 0 Å². The first kappa shape index (κ1) is 21.7. The summed E-state index contributed by atoms with van der Waals surface area (Å²) in [4.78, 5) is 12.6. The molecule has 0 unspecified atom stereocenters. The van der Waals surface area contributed by atoms with Crippen LogP contribution in [0, 0.1) is 11.7 Å². The highest BCUT2D eigenvalue weighted by Gasteiger charge is 2.32. The molecule has 0 aliphatic carbocycles. The number of nitrogens with one attached hydrogen (secondary N) is 1. The Balaban J connectivity index is 1.57. The van der Waals surface area contributed by atoms with E-state index in [0.717, 1.165) is 5.56 Å². The van der Waals surface area contributed by atoms with Crippen molar-refractivity contribution in [2.24, 2.45) is 5.92 Å². The highest BCUT2D eigenvalue weighted by Crippen LogP contribution is 2.26. The maximum Gasteiger partial charge on any atom is 0.223 e. The first-order chi connectivity index (χ1) is 13.8. The zero-order valence-electron chi connectivity index (χ0n) is 16.1. The quantitative estimate of drug-likeness (QED) is 0.743. The average molecular weight is 439 g/mol. The molecule has 0 aromatic heterocycles. The van der Waals surface area contributed by atoms with Crippen molar-refractivity contribution in [3.05, 3.63) is 70.5 Å². The van der Waals surface area contributed by atoms with Crippen LogP contribution in [0.3, 0.4) is 0 Å². The Morgan fingerprint density at radius 1 is 1.17 bits per heavy atom. The first-order valence-corrected chi connectivity index (χ1v) is 11.5. The van der Waals surface area contributed by atoms with E-state index in [1.807, 2.05) is 37.3 Å². The second kappa shape index (κ2) is 9.24. The Labute approximate surface area is 175 Å². The number of amides is 1. The molecule has 5 nitrogen and oxygen atoms in total. The smallest absolute Gasteiger partial charge is 0.223 e. The third-order valence-electron chi connectivity index (χ3n) is 5.26. The van der Waals surface area contributed by atoms with Crippen molar-refractivity contribution >= 4 is 27.5 Å². The number of carbonyl (C=O) groups is 1. The molecule has 2 aromatic rings. The SMILES string of the molecule is C[C@H](NC(=O)C1CCN(S(=O)(=O)Cc2c(F)cccc2Cl)CC1)c1ccccc1. The van der Waals surface area contributed by atoms with E-state index in [1.54, 1.807) is 0 Å². The highest BCUT2D eigenvalue weighted by molar-refractivity contribution is 7.88. The number of nitrogens with zero attached hydrogens (tertiary/aromatic N) is 1. The van der Waals surface area contributed by atoms with Crippen molar-refractivity contribution in [2.75, 3.05) is 13.1 Å². The molecule has 3 rings (SSSR count). The number of rotatable bonds is 6. The fourth-order valence-electron chi connectivity index (χ4n) is 3.50. The Bertz CT molecular complexity index is 941. The number of benzene rings is 2. The lowest BCUT2D eigenvalue weighted by atomic mass is 9.96. The number of sulfonamides is 1. The van der Waals surface area contributed by atoms with Gasteiger partial charge in [0.05, 0.1) is 11.8 Å². The number of halogens is 2. The molecule has 1 aliphatic heterocycles. The van der Waals surface area contributed by atoms with Crippen LogP contribution in [0.1, 0.15) is 36.9 Å². The average Bonchev–Trinajstić information content (AvgIpc) is 2.71. The van der Waals surface area contributed by atoms with Crippen molar-refractivity contribution in [3.63, 3.8) is 0 Å². The molecule has 0 spiro atoms. The molecule has 1 heterocycles. The van der Waals surface area contributed by atoms with Crippen LogP contribution >= 0.6 is 11.6 Å². The maximum absolute atomic E-state index is 14.0. The van der Waals surface area contributed by atoms with E-state index in [2.05, 4.69) is 5.32 Å². The summed E-state index contributed by atoms with van der Waals surface area (Å²) in [6.07, 6.45) is 0.856. The van der Waals surface area contributed by atoms with Gasteiger partial charge < -0.3 is 5.32 Å². The van der Waals surface area contributed by atoms with E-state index >= 15 is 0 Å². The number of piperidine rings is 1. The third-order valence-corrected chi connectivity index (χ3v) is 7.42. The minimum Gasteiger partial charge on any atom is -0.349 e. The summed E-state index contributed by atoms with van der Waals surface area (Å²) < 4.78 is 40.7. The van der Waals surface area contributed by atoms with Crippen LogP contribution in [0.4, 0.5) is 4.39 Å². The lowest BCUT2D eigenvalue weighted by Crippen LogP contribution is -2.43. The molecule has 156 valence electrons. The number of carbonyl (C=O) groups excluding carboxylic acids is 1. The van der Waals surface area contributed by atoms with Crippen LogP contribution < -0.4 is 5.32 Å². The summed E-state index contributed by atoms with van der Waals surface area (Å²) in [5.74, 6) is -1.44. The Morgan fingerprint density at radius 3 is 2.45 bits per heavy atom. The Morgan fingerprint density at radius 2 is 1.83 bits per heavy atom. The molecule has 0 saturated carbocycles. The van der Waals surface area contributed by atoms with Gasteiger partial charge in [-0.3, -0.25) is 4.79 Å². The van der Waals surface area contributed by atoms with Gasteiger partial charge in [0.25, 0.3) is 0 Å². The monoisotopic (exact) mass is 438 g/mol. The van der Waals surface area contributed by atoms with Crippen molar-refractivity contribution in [1.29, 1.82) is 0 Å². The topological polar surface area (TPSA) is 66.5 Å². The van der Waals surface area contributed by atoms with Crippen LogP contribution in [-0.2, 0) is 20.6 Å². The molecule has 1 amide bonds. The van der Waals surface area contributed by atoms with E-state index in [0.29, 0.717) is 12.8 Å². The van der Waals surface area contributed by atoms with Crippen molar-refractivity contribution in [2.45, 2.75) is 31.6 Å². The fraction of sp³-hybridized carbons (Fsp3) is 0.381. The standard InChI is InChI=1S/C21H24ClFN2O3S/c1-15(16-6-3-2-4-7-16)24-21(26)17-10-12-25(13-11-17)29(27,28)14-18-19(22)8-5-9-20(18)23/h2-9,15,17H,10-14H2,1H3,(H,24,26)/t15-/m0/s1. The molecule has 8 heteroatoms. The summed E-state index contributed by atoms with van der Waals surface area (Å²) in [6.45, 7) is 2.38. The van der Waals surface area contributed by atoms with E-state index in [1.165, 1.54) is 22.5 Å². The highest BCUT2D eigenvalue weighted by atomic mass is 35.5. The first-order valence-electron chi connectivity index (χ1n) is 9.54. The van der Waals surface area contributed by atoms with E-state index < -0.39 is 21.6 Å². The van der Waals surface area contributed by atoms with E-state index in [4.69, 9.17) is 11.6 Å². The second-order valence-corrected chi connectivity index (χ2v) is 9.65. The zero-order valence-corrected chi connectivity index (χ0v) is 17.7. The van der Waals surface area contributed by atoms with Crippen molar-refractivity contribution in [1.82, 2.24) is 9.62 Å². The molecular formula is C21H24ClFN2O3S. The summed E-state index contributed by atoms with van der Waals surface area (Å²) in [5.41, 5.74) is 0.994. The minimum atomic E-state index is -3.72. The lowest BCUT2D eigenvalue weighted by Gasteiger charge is -2.31. The summed E-state index contributed by atoms with van der Waals surface area (Å²) in [5, 5.41) is 3.10. The molecule has 1 aliphatic rings. The van der Waals surface area contributed by atoms with Crippen LogP contribution in [0.5, 0.6) is 0 Å². The summed E-state index contributed by atoms with van der Waals surface area (Å²) in [6, 6.07) is 13.7. The summed E-state index contributed by atoms with van der Waals surface area (Å²) in [7, 11) is -3.72. The molecule has 0 bridgehead atoms. The van der Waals surface area contributed by atoms with Crippen molar-refractivity contribution < 1.29 is 17.6 Å². The predicted molar refractivity (Wildman–Crippen MR) is 111 cm³/mol. The molecule has 1 N–H and O–H groups in total. The van der Waals surface area contributed by atoms with Gasteiger partial charge in [0.1, 0.15) is 5.82 Å². The summed E-state index contributed by atoms with van der Waals surface area (Å²) >= 11 is 5.96. The van der Waals surface area contributed by atoms with E-state index in [9.17, 15) is 17.6 Å². The molecule has 2 aromatic carbocycles.